The Morgan fingerprint density at radius 2 is 1.94 bits per heavy atom. The summed E-state index contributed by atoms with van der Waals surface area (Å²) in [5, 5.41) is 3.11. The van der Waals surface area contributed by atoms with Crippen molar-refractivity contribution in [3.05, 3.63) is 0 Å². The molecule has 0 saturated carbocycles. The van der Waals surface area contributed by atoms with Crippen molar-refractivity contribution in [3.63, 3.8) is 0 Å². The minimum Gasteiger partial charge on any atom is -0.315 e. The fourth-order valence-corrected chi connectivity index (χ4v) is 3.08. The average Bonchev–Trinajstić information content (AvgIpc) is 2.15. The summed E-state index contributed by atoms with van der Waals surface area (Å²) in [5.41, 5.74) is 0. The summed E-state index contributed by atoms with van der Waals surface area (Å²) in [6.07, 6.45) is 0. The van der Waals surface area contributed by atoms with Crippen LogP contribution >= 0.6 is 0 Å². The zero-order valence-corrected chi connectivity index (χ0v) is 11.1. The summed E-state index contributed by atoms with van der Waals surface area (Å²) in [5.74, 6) is 0.207. The van der Waals surface area contributed by atoms with Gasteiger partial charge in [-0.25, -0.2) is 12.7 Å². The first kappa shape index (κ1) is 13.4. The van der Waals surface area contributed by atoms with Gasteiger partial charge >= 0.3 is 0 Å². The number of hydrogen-bond donors (Lipinski definition) is 1. The lowest BCUT2D eigenvalue weighted by molar-refractivity contribution is -0.132. The molecule has 0 bridgehead atoms. The maximum Gasteiger partial charge on any atom is 0.258 e. The van der Waals surface area contributed by atoms with Gasteiger partial charge in [-0.3, -0.25) is 4.79 Å². The minimum absolute atomic E-state index is 0.233. The third-order valence-electron chi connectivity index (χ3n) is 2.72. The van der Waals surface area contributed by atoms with Crippen molar-refractivity contribution in [2.24, 2.45) is 5.92 Å². The van der Waals surface area contributed by atoms with Crippen molar-refractivity contribution in [2.45, 2.75) is 32.4 Å². The van der Waals surface area contributed by atoms with Gasteiger partial charge in [0.25, 0.3) is 15.9 Å². The summed E-state index contributed by atoms with van der Waals surface area (Å²) < 4.78 is 23.1. The van der Waals surface area contributed by atoms with Crippen molar-refractivity contribution in [3.8, 4) is 0 Å². The second-order valence-corrected chi connectivity index (χ2v) is 7.40. The molecule has 0 atom stereocenters. The van der Waals surface area contributed by atoms with E-state index in [1.807, 2.05) is 0 Å². The highest BCUT2D eigenvalue weighted by atomic mass is 32.2. The van der Waals surface area contributed by atoms with Gasteiger partial charge in [0.1, 0.15) is 0 Å². The molecule has 0 radical (unpaired) electrons. The molecule has 94 valence electrons. The molecular weight excluding hydrogens is 228 g/mol. The van der Waals surface area contributed by atoms with Gasteiger partial charge in [-0.1, -0.05) is 13.8 Å². The van der Waals surface area contributed by atoms with E-state index in [1.165, 1.54) is 13.8 Å². The quantitative estimate of drug-likeness (QED) is 0.705. The molecule has 0 aromatic heterocycles. The monoisotopic (exact) mass is 248 g/mol. The molecule has 1 saturated heterocycles. The zero-order valence-electron chi connectivity index (χ0n) is 10.3. The highest BCUT2D eigenvalue weighted by molar-refractivity contribution is 7.94. The first-order valence-electron chi connectivity index (χ1n) is 5.48. The number of carbonyl (C=O) groups is 1. The molecule has 1 amide bonds. The molecule has 0 aliphatic carbocycles. The number of amides is 1. The lowest BCUT2D eigenvalue weighted by Gasteiger charge is -2.43. The number of nitrogens with zero attached hydrogens (tertiary/aromatic N) is 1. The van der Waals surface area contributed by atoms with Crippen LogP contribution in [-0.4, -0.2) is 43.0 Å². The number of carbonyl (C=O) groups excluding carboxylic acids is 1. The number of nitrogens with one attached hydrogen (secondary N) is 1. The molecule has 1 fully saturated rings. The van der Waals surface area contributed by atoms with Crippen LogP contribution in [0.4, 0.5) is 0 Å². The summed E-state index contributed by atoms with van der Waals surface area (Å²) in [6.45, 7) is 8.61. The maximum atomic E-state index is 11.7. The van der Waals surface area contributed by atoms with Crippen LogP contribution in [0.3, 0.4) is 0 Å². The summed E-state index contributed by atoms with van der Waals surface area (Å²) in [4.78, 5) is 11.5. The van der Waals surface area contributed by atoms with Gasteiger partial charge in [-0.05, 0) is 26.3 Å². The van der Waals surface area contributed by atoms with Crippen LogP contribution in [0.15, 0.2) is 0 Å². The lowest BCUT2D eigenvalue weighted by Crippen LogP contribution is -2.68. The molecule has 1 heterocycles. The van der Waals surface area contributed by atoms with Gasteiger partial charge in [0.2, 0.25) is 0 Å². The van der Waals surface area contributed by atoms with Gasteiger partial charge in [0, 0.05) is 13.1 Å². The molecule has 0 aromatic rings. The normalized spacial score (nSPS) is 22.3. The SMILES string of the molecule is CC(C)CNCCN1C(=O)C(C)(C)S1(=O)=O. The Labute approximate surface area is 97.2 Å². The van der Waals surface area contributed by atoms with Crippen molar-refractivity contribution >= 4 is 15.9 Å². The Bertz CT molecular complexity index is 374. The summed E-state index contributed by atoms with van der Waals surface area (Å²) >= 11 is 0. The highest BCUT2D eigenvalue weighted by Gasteiger charge is 2.59. The summed E-state index contributed by atoms with van der Waals surface area (Å²) in [6, 6.07) is 0. The van der Waals surface area contributed by atoms with Crippen LogP contribution in [-0.2, 0) is 14.8 Å². The first-order chi connectivity index (χ1) is 7.21. The average molecular weight is 248 g/mol. The fourth-order valence-electron chi connectivity index (χ4n) is 1.55. The number of sulfonamides is 1. The molecule has 1 aliphatic rings. The largest absolute Gasteiger partial charge is 0.315 e. The van der Waals surface area contributed by atoms with Crippen LogP contribution in [0, 0.1) is 5.92 Å². The summed E-state index contributed by atoms with van der Waals surface area (Å²) in [7, 11) is -3.41. The molecule has 16 heavy (non-hydrogen) atoms. The Hall–Kier alpha value is -0.620. The molecule has 1 rings (SSSR count). The van der Waals surface area contributed by atoms with E-state index >= 15 is 0 Å². The van der Waals surface area contributed by atoms with E-state index in [2.05, 4.69) is 19.2 Å². The Morgan fingerprint density at radius 3 is 2.38 bits per heavy atom. The van der Waals surface area contributed by atoms with Crippen molar-refractivity contribution in [1.29, 1.82) is 0 Å². The van der Waals surface area contributed by atoms with Crippen molar-refractivity contribution < 1.29 is 13.2 Å². The van der Waals surface area contributed by atoms with Gasteiger partial charge in [0.05, 0.1) is 0 Å². The minimum atomic E-state index is -3.41. The molecule has 6 heteroatoms. The Balaban J connectivity index is 2.44. The third-order valence-corrected chi connectivity index (χ3v) is 5.11. The van der Waals surface area contributed by atoms with Gasteiger partial charge in [-0.2, -0.15) is 0 Å². The van der Waals surface area contributed by atoms with E-state index < -0.39 is 14.8 Å². The van der Waals surface area contributed by atoms with E-state index in [1.54, 1.807) is 0 Å². The van der Waals surface area contributed by atoms with Crippen molar-refractivity contribution in [2.75, 3.05) is 19.6 Å². The van der Waals surface area contributed by atoms with E-state index in [9.17, 15) is 13.2 Å². The van der Waals surface area contributed by atoms with Crippen molar-refractivity contribution in [1.82, 2.24) is 9.62 Å². The molecule has 1 aliphatic heterocycles. The van der Waals surface area contributed by atoms with E-state index in [4.69, 9.17) is 0 Å². The Kier molecular flexibility index (Phi) is 3.64. The van der Waals surface area contributed by atoms with Crippen LogP contribution in [0.25, 0.3) is 0 Å². The fraction of sp³-hybridized carbons (Fsp3) is 0.900. The van der Waals surface area contributed by atoms with Gasteiger partial charge in [0.15, 0.2) is 4.75 Å². The maximum absolute atomic E-state index is 11.7. The molecule has 0 unspecified atom stereocenters. The zero-order chi connectivity index (χ0) is 12.6. The van der Waals surface area contributed by atoms with E-state index in [-0.39, 0.29) is 12.5 Å². The predicted molar refractivity (Wildman–Crippen MR) is 62.4 cm³/mol. The lowest BCUT2D eigenvalue weighted by atomic mass is 10.2. The predicted octanol–water partition coefficient (Wildman–Crippen LogP) is 0.183. The number of hydrogen-bond acceptors (Lipinski definition) is 4. The Morgan fingerprint density at radius 1 is 1.38 bits per heavy atom. The first-order valence-corrected chi connectivity index (χ1v) is 6.92. The third kappa shape index (κ3) is 2.08. The molecule has 0 spiro atoms. The second kappa shape index (κ2) is 4.33. The van der Waals surface area contributed by atoms with E-state index in [0.717, 1.165) is 10.8 Å². The van der Waals surface area contributed by atoms with Gasteiger partial charge in [-0.15, -0.1) is 0 Å². The molecular formula is C10H20N2O3S. The molecule has 0 aromatic carbocycles. The standard InChI is InChI=1S/C10H20N2O3S/c1-8(2)7-11-5-6-12-9(13)10(3,4)16(12,14)15/h8,11H,5-7H2,1-4H3. The number of rotatable bonds is 5. The van der Waals surface area contributed by atoms with Crippen LogP contribution in [0.1, 0.15) is 27.7 Å². The smallest absolute Gasteiger partial charge is 0.258 e. The second-order valence-electron chi connectivity index (χ2n) is 4.99. The van der Waals surface area contributed by atoms with Crippen LogP contribution in [0.2, 0.25) is 0 Å². The molecule has 1 N–H and O–H groups in total. The molecule has 5 nitrogen and oxygen atoms in total. The highest BCUT2D eigenvalue weighted by Crippen LogP contribution is 2.34. The van der Waals surface area contributed by atoms with E-state index in [0.29, 0.717) is 12.5 Å². The topological polar surface area (TPSA) is 66.5 Å². The van der Waals surface area contributed by atoms with Crippen LogP contribution in [0.5, 0.6) is 0 Å². The van der Waals surface area contributed by atoms with Gasteiger partial charge < -0.3 is 5.32 Å². The van der Waals surface area contributed by atoms with Crippen LogP contribution < -0.4 is 5.32 Å².